The van der Waals surface area contributed by atoms with Crippen molar-refractivity contribution in [3.05, 3.63) is 71.1 Å². The number of aliphatic hydroxyl groups is 1. The lowest BCUT2D eigenvalue weighted by molar-refractivity contribution is -0.116. The van der Waals surface area contributed by atoms with Gasteiger partial charge in [0.05, 0.1) is 0 Å². The molecule has 3 rings (SSSR count). The summed E-state index contributed by atoms with van der Waals surface area (Å²) in [4.78, 5) is 12.6. The van der Waals surface area contributed by atoms with Crippen LogP contribution in [0.1, 0.15) is 16.5 Å². The highest BCUT2D eigenvalue weighted by molar-refractivity contribution is 7.19. The molecule has 1 unspecified atom stereocenters. The molecule has 1 heterocycles. The average molecular weight is 321 g/mol. The number of nitrogens with one attached hydrogen (secondary N) is 1. The Hall–Kier alpha value is -2.61. The number of carbonyl (C=O) groups is 1. The maximum absolute atomic E-state index is 11.7. The van der Waals surface area contributed by atoms with Gasteiger partial charge in [0, 0.05) is 27.6 Å². The van der Waals surface area contributed by atoms with Gasteiger partial charge in [-0.15, -0.1) is 11.3 Å². The summed E-state index contributed by atoms with van der Waals surface area (Å²) in [7, 11) is 0. The molecule has 2 N–H and O–H groups in total. The summed E-state index contributed by atoms with van der Waals surface area (Å²) in [5, 5.41) is 13.9. The fraction of sp³-hybridized carbons (Fsp3) is 0.105. The monoisotopic (exact) mass is 321 g/mol. The second-order valence-electron chi connectivity index (χ2n) is 5.03. The number of hydrogen-bond donors (Lipinski definition) is 2. The van der Waals surface area contributed by atoms with Gasteiger partial charge in [-0.2, -0.15) is 0 Å². The molecule has 0 fully saturated rings. The Bertz CT molecular complexity index is 841. The van der Waals surface area contributed by atoms with E-state index in [1.54, 1.807) is 0 Å². The fourth-order valence-corrected chi connectivity index (χ4v) is 3.20. The van der Waals surface area contributed by atoms with E-state index in [1.165, 1.54) is 11.3 Å². The minimum Gasteiger partial charge on any atom is -0.386 e. The molecule has 0 spiro atoms. The molecule has 0 aliphatic carbocycles. The Balaban J connectivity index is 1.59. The summed E-state index contributed by atoms with van der Waals surface area (Å²) in [5.74, 6) is 4.92. The van der Waals surface area contributed by atoms with Gasteiger partial charge in [-0.3, -0.25) is 4.79 Å². The number of carbonyl (C=O) groups excluding carboxylic acids is 1. The summed E-state index contributed by atoms with van der Waals surface area (Å²) in [6, 6.07) is 19.2. The van der Waals surface area contributed by atoms with Crippen molar-refractivity contribution in [1.82, 2.24) is 5.32 Å². The molecule has 0 aliphatic heterocycles. The van der Waals surface area contributed by atoms with E-state index in [4.69, 9.17) is 0 Å². The van der Waals surface area contributed by atoms with Crippen molar-refractivity contribution in [2.24, 2.45) is 0 Å². The minimum absolute atomic E-state index is 0.148. The molecule has 23 heavy (non-hydrogen) atoms. The van der Waals surface area contributed by atoms with Crippen LogP contribution in [0.4, 0.5) is 0 Å². The zero-order valence-electron chi connectivity index (χ0n) is 12.3. The third kappa shape index (κ3) is 3.98. The Kier molecular flexibility index (Phi) is 4.72. The molecule has 0 radical (unpaired) electrons. The number of thiophene rings is 1. The van der Waals surface area contributed by atoms with Crippen LogP contribution in [-0.4, -0.2) is 17.6 Å². The smallest absolute Gasteiger partial charge is 0.296 e. The van der Waals surface area contributed by atoms with E-state index in [0.717, 1.165) is 20.5 Å². The lowest BCUT2D eigenvalue weighted by Crippen LogP contribution is -2.26. The molecule has 1 atom stereocenters. The summed E-state index contributed by atoms with van der Waals surface area (Å²) >= 11 is 1.53. The Morgan fingerprint density at radius 1 is 1.13 bits per heavy atom. The highest BCUT2D eigenvalue weighted by Gasteiger charge is 2.12. The van der Waals surface area contributed by atoms with E-state index in [9.17, 15) is 9.90 Å². The Morgan fingerprint density at radius 2 is 1.87 bits per heavy atom. The number of amides is 1. The van der Waals surface area contributed by atoms with Crippen molar-refractivity contribution in [1.29, 1.82) is 0 Å². The molecule has 0 bridgehead atoms. The zero-order chi connectivity index (χ0) is 16.1. The van der Waals surface area contributed by atoms with Crippen LogP contribution in [0.15, 0.2) is 60.7 Å². The molecule has 0 saturated heterocycles. The second kappa shape index (κ2) is 7.10. The molecule has 0 aliphatic rings. The van der Waals surface area contributed by atoms with Gasteiger partial charge in [0.25, 0.3) is 5.91 Å². The third-order valence-corrected chi connectivity index (χ3v) is 4.54. The molecule has 4 heteroatoms. The van der Waals surface area contributed by atoms with Crippen molar-refractivity contribution in [2.75, 3.05) is 6.54 Å². The Labute approximate surface area is 138 Å². The van der Waals surface area contributed by atoms with Crippen molar-refractivity contribution in [3.63, 3.8) is 0 Å². The summed E-state index contributed by atoms with van der Waals surface area (Å²) in [5.41, 5.74) is 0.785. The van der Waals surface area contributed by atoms with Crippen LogP contribution in [-0.2, 0) is 4.79 Å². The van der Waals surface area contributed by atoms with E-state index >= 15 is 0 Å². The van der Waals surface area contributed by atoms with Crippen molar-refractivity contribution >= 4 is 27.3 Å². The van der Waals surface area contributed by atoms with Crippen molar-refractivity contribution < 1.29 is 9.90 Å². The van der Waals surface area contributed by atoms with Gasteiger partial charge >= 0.3 is 0 Å². The molecular weight excluding hydrogens is 306 g/mol. The van der Waals surface area contributed by atoms with Crippen LogP contribution >= 0.6 is 11.3 Å². The molecule has 114 valence electrons. The standard InChI is InChI=1S/C19H15NO2S/c21-16(18-12-15-8-4-5-9-17(15)23-18)13-20-19(22)11-10-14-6-2-1-3-7-14/h1-9,12,16,21H,13H2,(H,20,22). The summed E-state index contributed by atoms with van der Waals surface area (Å²) < 4.78 is 1.12. The van der Waals surface area contributed by atoms with E-state index in [0.29, 0.717) is 0 Å². The molecule has 1 aromatic heterocycles. The molecule has 3 nitrogen and oxygen atoms in total. The number of fused-ring (bicyclic) bond motifs is 1. The van der Waals surface area contributed by atoms with Crippen molar-refractivity contribution in [2.45, 2.75) is 6.10 Å². The van der Waals surface area contributed by atoms with Crippen LogP contribution in [0.5, 0.6) is 0 Å². The fourth-order valence-electron chi connectivity index (χ4n) is 2.15. The predicted molar refractivity (Wildman–Crippen MR) is 93.1 cm³/mol. The number of rotatable bonds is 3. The van der Waals surface area contributed by atoms with E-state index in [-0.39, 0.29) is 6.54 Å². The lowest BCUT2D eigenvalue weighted by atomic mass is 10.2. The lowest BCUT2D eigenvalue weighted by Gasteiger charge is -2.07. The topological polar surface area (TPSA) is 49.3 Å². The third-order valence-electron chi connectivity index (χ3n) is 3.32. The molecule has 0 saturated carbocycles. The van der Waals surface area contributed by atoms with Crippen LogP contribution in [0, 0.1) is 11.8 Å². The first-order chi connectivity index (χ1) is 11.2. The summed E-state index contributed by atoms with van der Waals surface area (Å²) in [6.45, 7) is 0.148. The van der Waals surface area contributed by atoms with E-state index in [1.807, 2.05) is 60.7 Å². The van der Waals surface area contributed by atoms with E-state index in [2.05, 4.69) is 17.2 Å². The normalized spacial score (nSPS) is 11.5. The van der Waals surface area contributed by atoms with Gasteiger partial charge in [0.2, 0.25) is 0 Å². The molecular formula is C19H15NO2S. The highest BCUT2D eigenvalue weighted by atomic mass is 32.1. The minimum atomic E-state index is -0.727. The Morgan fingerprint density at radius 3 is 2.65 bits per heavy atom. The van der Waals surface area contributed by atoms with Crippen molar-refractivity contribution in [3.8, 4) is 11.8 Å². The number of benzene rings is 2. The molecule has 3 aromatic rings. The van der Waals surface area contributed by atoms with E-state index < -0.39 is 12.0 Å². The van der Waals surface area contributed by atoms with Gasteiger partial charge in [-0.25, -0.2) is 0 Å². The quantitative estimate of drug-likeness (QED) is 0.728. The number of hydrogen-bond acceptors (Lipinski definition) is 3. The summed E-state index contributed by atoms with van der Waals surface area (Å²) in [6.07, 6.45) is -0.727. The van der Waals surface area contributed by atoms with Crippen LogP contribution in [0.25, 0.3) is 10.1 Å². The van der Waals surface area contributed by atoms with Crippen LogP contribution in [0.3, 0.4) is 0 Å². The molecule has 1 amide bonds. The maximum Gasteiger partial charge on any atom is 0.296 e. The second-order valence-corrected chi connectivity index (χ2v) is 6.14. The average Bonchev–Trinajstić information content (AvgIpc) is 3.03. The van der Waals surface area contributed by atoms with Gasteiger partial charge < -0.3 is 10.4 Å². The molecule has 2 aromatic carbocycles. The zero-order valence-corrected chi connectivity index (χ0v) is 13.1. The first-order valence-electron chi connectivity index (χ1n) is 7.24. The van der Waals surface area contributed by atoms with Gasteiger partial charge in [-0.05, 0) is 29.7 Å². The predicted octanol–water partition coefficient (Wildman–Crippen LogP) is 3.10. The highest BCUT2D eigenvalue weighted by Crippen LogP contribution is 2.29. The maximum atomic E-state index is 11.7. The largest absolute Gasteiger partial charge is 0.386 e. The number of aliphatic hydroxyl groups excluding tert-OH is 1. The van der Waals surface area contributed by atoms with Crippen LogP contribution in [0.2, 0.25) is 0 Å². The van der Waals surface area contributed by atoms with Gasteiger partial charge in [-0.1, -0.05) is 42.3 Å². The first-order valence-corrected chi connectivity index (χ1v) is 8.05. The SMILES string of the molecule is O=C(C#Cc1ccccc1)NCC(O)c1cc2ccccc2s1. The first kappa shape index (κ1) is 15.3. The van der Waals surface area contributed by atoms with Gasteiger partial charge in [0.15, 0.2) is 0 Å². The van der Waals surface area contributed by atoms with Gasteiger partial charge in [0.1, 0.15) is 6.10 Å². The van der Waals surface area contributed by atoms with Crippen LogP contribution < -0.4 is 5.32 Å².